The Morgan fingerprint density at radius 2 is 1.96 bits per heavy atom. The van der Waals surface area contributed by atoms with Crippen LogP contribution in [0.2, 0.25) is 0 Å². The molecule has 0 aromatic heterocycles. The largest absolute Gasteiger partial charge is 0.452 e. The van der Waals surface area contributed by atoms with E-state index in [4.69, 9.17) is 14.2 Å². The zero-order chi connectivity index (χ0) is 19.9. The zero-order valence-corrected chi connectivity index (χ0v) is 18.8. The highest BCUT2D eigenvalue weighted by Gasteiger charge is 2.45. The number of carbonyl (C=O) groups excluding carboxylic acids is 1. The van der Waals surface area contributed by atoms with Gasteiger partial charge in [-0.05, 0) is 61.7 Å². The number of hydrogen-bond acceptors (Lipinski definition) is 4. The molecule has 1 heterocycles. The molecule has 3 atom stereocenters. The molecule has 0 spiro atoms. The first-order valence-corrected chi connectivity index (χ1v) is 11.2. The van der Waals surface area contributed by atoms with Crippen molar-refractivity contribution in [2.45, 2.75) is 71.1 Å². The topological polar surface area (TPSA) is 44.8 Å². The van der Waals surface area contributed by atoms with Gasteiger partial charge in [0.1, 0.15) is 12.2 Å². The summed E-state index contributed by atoms with van der Waals surface area (Å²) in [6.45, 7) is 8.16. The number of rotatable bonds is 9. The van der Waals surface area contributed by atoms with Crippen LogP contribution in [0.15, 0.2) is 42.5 Å². The molecule has 0 aliphatic carbocycles. The second-order valence-corrected chi connectivity index (χ2v) is 8.84. The minimum absolute atomic E-state index is 0.0907. The summed E-state index contributed by atoms with van der Waals surface area (Å²) < 4.78 is 19.2. The Morgan fingerprint density at radius 3 is 2.59 bits per heavy atom. The van der Waals surface area contributed by atoms with Crippen LogP contribution in [0, 0.1) is 5.92 Å². The number of alkyl halides is 1. The number of esters is 1. The Bertz CT molecular complexity index is 612. The molecule has 27 heavy (non-hydrogen) atoms. The van der Waals surface area contributed by atoms with Gasteiger partial charge in [0.05, 0.1) is 11.7 Å². The Labute approximate surface area is 176 Å². The number of hydrogen-bond donors (Lipinski definition) is 0. The molecule has 4 nitrogen and oxygen atoms in total. The van der Waals surface area contributed by atoms with Gasteiger partial charge in [0.25, 0.3) is 0 Å². The third kappa shape index (κ3) is 7.20. The molecule has 0 saturated carbocycles. The van der Waals surface area contributed by atoms with Gasteiger partial charge in [-0.1, -0.05) is 60.7 Å². The van der Waals surface area contributed by atoms with E-state index >= 15 is 0 Å². The third-order valence-electron chi connectivity index (χ3n) is 4.35. The average molecular weight is 486 g/mol. The van der Waals surface area contributed by atoms with Gasteiger partial charge in [-0.25, -0.2) is 4.79 Å². The van der Waals surface area contributed by atoms with Crippen LogP contribution in [0.25, 0.3) is 0 Å². The molecular formula is C22H31IO4. The van der Waals surface area contributed by atoms with Gasteiger partial charge in [0.2, 0.25) is 0 Å². The molecule has 1 saturated heterocycles. The van der Waals surface area contributed by atoms with E-state index in [0.29, 0.717) is 11.5 Å². The average Bonchev–Trinajstić information content (AvgIpc) is 2.94. The fraction of sp³-hybridized carbons (Fsp3) is 0.591. The molecule has 1 aliphatic rings. The molecule has 150 valence electrons. The summed E-state index contributed by atoms with van der Waals surface area (Å²) >= 11 is 2.37. The van der Waals surface area contributed by atoms with Crippen LogP contribution in [0.1, 0.15) is 57.3 Å². The SMILES string of the molecule is CC(C)C/C=C\C(OC(=O)c1ccccc1)[C@H]1OC(C)(C)O[C@H]1CCCI. The van der Waals surface area contributed by atoms with E-state index in [1.54, 1.807) is 12.1 Å². The van der Waals surface area contributed by atoms with E-state index in [-0.39, 0.29) is 18.2 Å². The fourth-order valence-electron chi connectivity index (χ4n) is 3.11. The minimum atomic E-state index is -0.677. The van der Waals surface area contributed by atoms with Gasteiger partial charge < -0.3 is 14.2 Å². The van der Waals surface area contributed by atoms with Crippen LogP contribution in [0.4, 0.5) is 0 Å². The van der Waals surface area contributed by atoms with E-state index in [1.165, 1.54) is 0 Å². The maximum Gasteiger partial charge on any atom is 0.338 e. The quantitative estimate of drug-likeness (QED) is 0.199. The summed E-state index contributed by atoms with van der Waals surface area (Å²) in [7, 11) is 0. The Hall–Kier alpha value is -0.920. The van der Waals surface area contributed by atoms with Crippen LogP contribution in [0.3, 0.4) is 0 Å². The zero-order valence-electron chi connectivity index (χ0n) is 16.7. The maximum absolute atomic E-state index is 12.6. The van der Waals surface area contributed by atoms with Gasteiger partial charge in [-0.15, -0.1) is 0 Å². The molecular weight excluding hydrogens is 455 g/mol. The lowest BCUT2D eigenvalue weighted by Crippen LogP contribution is -2.37. The molecule has 5 heteroatoms. The lowest BCUT2D eigenvalue weighted by Gasteiger charge is -2.24. The third-order valence-corrected chi connectivity index (χ3v) is 5.12. The van der Waals surface area contributed by atoms with Gasteiger partial charge in [-0.3, -0.25) is 0 Å². The molecule has 1 aromatic carbocycles. The summed E-state index contributed by atoms with van der Waals surface area (Å²) in [4.78, 5) is 12.6. The van der Waals surface area contributed by atoms with Crippen molar-refractivity contribution in [1.82, 2.24) is 0 Å². The van der Waals surface area contributed by atoms with E-state index in [2.05, 4.69) is 42.5 Å². The van der Waals surface area contributed by atoms with Crippen LogP contribution in [0.5, 0.6) is 0 Å². The summed E-state index contributed by atoms with van der Waals surface area (Å²) in [6.07, 6.45) is 6.02. The molecule has 0 radical (unpaired) electrons. The summed E-state index contributed by atoms with van der Waals surface area (Å²) in [5.74, 6) is -0.473. The van der Waals surface area contributed by atoms with Crippen LogP contribution in [-0.4, -0.2) is 34.5 Å². The maximum atomic E-state index is 12.6. The Balaban J connectivity index is 2.19. The first-order valence-electron chi connectivity index (χ1n) is 9.66. The molecule has 1 unspecified atom stereocenters. The highest BCUT2D eigenvalue weighted by molar-refractivity contribution is 14.1. The molecule has 1 fully saturated rings. The van der Waals surface area contributed by atoms with Crippen molar-refractivity contribution < 1.29 is 19.0 Å². The van der Waals surface area contributed by atoms with Crippen molar-refractivity contribution in [1.29, 1.82) is 0 Å². The van der Waals surface area contributed by atoms with Crippen molar-refractivity contribution in [2.75, 3.05) is 4.43 Å². The van der Waals surface area contributed by atoms with Crippen molar-refractivity contribution in [2.24, 2.45) is 5.92 Å². The molecule has 0 bridgehead atoms. The standard InChI is InChI=1S/C22H31IO4/c1-16(2)10-8-13-18(25-21(24)17-11-6-5-7-12-17)20-19(14-9-15-23)26-22(3,4)27-20/h5-8,11-13,16,18-20H,9-10,14-15H2,1-4H3/b13-8-/t18?,19-,20+/m0/s1. The Kier molecular flexibility index (Phi) is 8.76. The fourth-order valence-corrected chi connectivity index (χ4v) is 3.55. The lowest BCUT2D eigenvalue weighted by molar-refractivity contribution is -0.153. The minimum Gasteiger partial charge on any atom is -0.452 e. The van der Waals surface area contributed by atoms with E-state index in [0.717, 1.165) is 23.7 Å². The number of carbonyl (C=O) groups is 1. The van der Waals surface area contributed by atoms with Crippen LogP contribution >= 0.6 is 22.6 Å². The second kappa shape index (κ2) is 10.6. The second-order valence-electron chi connectivity index (χ2n) is 7.76. The van der Waals surface area contributed by atoms with E-state index in [1.807, 2.05) is 38.1 Å². The van der Waals surface area contributed by atoms with Crippen molar-refractivity contribution in [3.8, 4) is 0 Å². The first-order chi connectivity index (χ1) is 12.8. The van der Waals surface area contributed by atoms with Gasteiger partial charge in [0.15, 0.2) is 5.79 Å². The van der Waals surface area contributed by atoms with Crippen LogP contribution in [-0.2, 0) is 14.2 Å². The molecule has 0 N–H and O–H groups in total. The monoisotopic (exact) mass is 486 g/mol. The van der Waals surface area contributed by atoms with E-state index < -0.39 is 11.9 Å². The molecule has 2 rings (SSSR count). The molecule has 0 amide bonds. The van der Waals surface area contributed by atoms with Crippen molar-refractivity contribution in [3.05, 3.63) is 48.0 Å². The van der Waals surface area contributed by atoms with Crippen LogP contribution < -0.4 is 0 Å². The van der Waals surface area contributed by atoms with Crippen molar-refractivity contribution in [3.63, 3.8) is 0 Å². The Morgan fingerprint density at radius 1 is 1.26 bits per heavy atom. The normalized spacial score (nSPS) is 23.0. The number of allylic oxidation sites excluding steroid dienone is 1. The predicted octanol–water partition coefficient (Wildman–Crippen LogP) is 5.55. The lowest BCUT2D eigenvalue weighted by atomic mass is 10.0. The first kappa shape index (κ1) is 22.4. The summed E-state index contributed by atoms with van der Waals surface area (Å²) in [6, 6.07) is 9.08. The predicted molar refractivity (Wildman–Crippen MR) is 116 cm³/mol. The smallest absolute Gasteiger partial charge is 0.338 e. The van der Waals surface area contributed by atoms with Gasteiger partial charge in [0, 0.05) is 0 Å². The highest BCUT2D eigenvalue weighted by Crippen LogP contribution is 2.34. The number of halogens is 1. The van der Waals surface area contributed by atoms with Crippen molar-refractivity contribution >= 4 is 28.6 Å². The molecule has 1 aliphatic heterocycles. The molecule has 1 aromatic rings. The van der Waals surface area contributed by atoms with Gasteiger partial charge >= 0.3 is 5.97 Å². The number of benzene rings is 1. The summed E-state index contributed by atoms with van der Waals surface area (Å²) in [5, 5.41) is 0. The summed E-state index contributed by atoms with van der Waals surface area (Å²) in [5.41, 5.74) is 0.543. The highest BCUT2D eigenvalue weighted by atomic mass is 127. The van der Waals surface area contributed by atoms with Gasteiger partial charge in [-0.2, -0.15) is 0 Å². The number of ether oxygens (including phenoxy) is 3. The van der Waals surface area contributed by atoms with E-state index in [9.17, 15) is 4.79 Å².